The van der Waals surface area contributed by atoms with Crippen molar-refractivity contribution in [3.8, 4) is 0 Å². The molecule has 0 amide bonds. The van der Waals surface area contributed by atoms with E-state index in [-0.39, 0.29) is 18.3 Å². The third-order valence-corrected chi connectivity index (χ3v) is 4.76. The lowest BCUT2D eigenvalue weighted by atomic mass is 10.0. The zero-order chi connectivity index (χ0) is 13.1. The molecule has 0 radical (unpaired) electrons. The van der Waals surface area contributed by atoms with Gasteiger partial charge in [-0.3, -0.25) is 4.90 Å². The Balaban J connectivity index is 2.08. The Hall–Kier alpha value is -0.290. The molecule has 0 aromatic heterocycles. The van der Waals surface area contributed by atoms with Crippen LogP contribution in [0, 0.1) is 5.82 Å². The summed E-state index contributed by atoms with van der Waals surface area (Å²) < 4.78 is 13.7. The largest absolute Gasteiger partial charge is 0.391 e. The molecule has 1 aliphatic rings. The standard InChI is InChI=1S/C13H17ClFNOS/c1-16-5-6-18-8-12(16)13(17)7-9-10(14)3-2-4-11(9)15/h2-4,12-13,17H,5-8H2,1H3. The number of aliphatic hydroxyl groups excluding tert-OH is 1. The van der Waals surface area contributed by atoms with Gasteiger partial charge in [-0.15, -0.1) is 0 Å². The lowest BCUT2D eigenvalue weighted by Crippen LogP contribution is -2.47. The van der Waals surface area contributed by atoms with Gasteiger partial charge in [-0.05, 0) is 19.2 Å². The topological polar surface area (TPSA) is 23.5 Å². The van der Waals surface area contributed by atoms with Crippen molar-refractivity contribution < 1.29 is 9.50 Å². The highest BCUT2D eigenvalue weighted by Crippen LogP contribution is 2.24. The normalized spacial score (nSPS) is 23.0. The molecule has 0 aliphatic carbocycles. The second-order valence-corrected chi connectivity index (χ2v) is 6.15. The summed E-state index contributed by atoms with van der Waals surface area (Å²) in [6, 6.07) is 4.69. The Bertz CT molecular complexity index is 398. The first-order valence-electron chi connectivity index (χ1n) is 5.98. The first kappa shape index (κ1) is 14.1. The number of hydrogen-bond acceptors (Lipinski definition) is 3. The summed E-state index contributed by atoms with van der Waals surface area (Å²) in [5, 5.41) is 10.7. The number of benzene rings is 1. The maximum atomic E-state index is 13.7. The average Bonchev–Trinajstić information content (AvgIpc) is 2.34. The van der Waals surface area contributed by atoms with Crippen LogP contribution in [-0.2, 0) is 6.42 Å². The van der Waals surface area contributed by atoms with E-state index < -0.39 is 6.10 Å². The minimum atomic E-state index is -0.586. The molecule has 5 heteroatoms. The predicted octanol–water partition coefficient (Wildman–Crippen LogP) is 2.43. The summed E-state index contributed by atoms with van der Waals surface area (Å²) >= 11 is 7.80. The molecule has 1 heterocycles. The molecule has 1 saturated heterocycles. The van der Waals surface area contributed by atoms with Crippen LogP contribution in [-0.4, -0.2) is 47.3 Å². The Morgan fingerprint density at radius 1 is 1.61 bits per heavy atom. The lowest BCUT2D eigenvalue weighted by Gasteiger charge is -2.35. The van der Waals surface area contributed by atoms with Crippen molar-refractivity contribution in [1.29, 1.82) is 0 Å². The highest BCUT2D eigenvalue weighted by atomic mass is 35.5. The van der Waals surface area contributed by atoms with Crippen LogP contribution in [0.2, 0.25) is 5.02 Å². The molecule has 1 aliphatic heterocycles. The number of aliphatic hydroxyl groups is 1. The van der Waals surface area contributed by atoms with Crippen molar-refractivity contribution in [1.82, 2.24) is 4.90 Å². The van der Waals surface area contributed by atoms with Gasteiger partial charge in [-0.25, -0.2) is 4.39 Å². The van der Waals surface area contributed by atoms with Gasteiger partial charge in [0.25, 0.3) is 0 Å². The fraction of sp³-hybridized carbons (Fsp3) is 0.538. The molecule has 1 N–H and O–H groups in total. The summed E-state index contributed by atoms with van der Waals surface area (Å²) in [5.74, 6) is 1.62. The Kier molecular flexibility index (Phi) is 4.90. The van der Waals surface area contributed by atoms with Crippen LogP contribution in [0.3, 0.4) is 0 Å². The second-order valence-electron chi connectivity index (χ2n) is 4.59. The van der Waals surface area contributed by atoms with Crippen LogP contribution in [0.4, 0.5) is 4.39 Å². The SMILES string of the molecule is CN1CCSCC1C(O)Cc1c(F)cccc1Cl. The zero-order valence-corrected chi connectivity index (χ0v) is 11.8. The van der Waals surface area contributed by atoms with Gasteiger partial charge in [0.15, 0.2) is 0 Å². The fourth-order valence-electron chi connectivity index (χ4n) is 2.18. The number of likely N-dealkylation sites (N-methyl/N-ethyl adjacent to an activating group) is 1. The average molecular weight is 290 g/mol. The monoisotopic (exact) mass is 289 g/mol. The smallest absolute Gasteiger partial charge is 0.127 e. The Labute approximate surface area is 116 Å². The molecular formula is C13H17ClFNOS. The van der Waals surface area contributed by atoms with Crippen molar-refractivity contribution >= 4 is 23.4 Å². The molecule has 18 heavy (non-hydrogen) atoms. The molecule has 0 bridgehead atoms. The third kappa shape index (κ3) is 3.18. The van der Waals surface area contributed by atoms with Crippen LogP contribution < -0.4 is 0 Å². The van der Waals surface area contributed by atoms with Crippen LogP contribution in [0.5, 0.6) is 0 Å². The number of halogens is 2. The third-order valence-electron chi connectivity index (χ3n) is 3.36. The number of thioether (sulfide) groups is 1. The molecule has 2 atom stereocenters. The fourth-order valence-corrected chi connectivity index (χ4v) is 3.73. The Morgan fingerprint density at radius 2 is 2.39 bits per heavy atom. The second kappa shape index (κ2) is 6.24. The zero-order valence-electron chi connectivity index (χ0n) is 10.3. The maximum absolute atomic E-state index is 13.7. The van der Waals surface area contributed by atoms with E-state index in [0.29, 0.717) is 10.6 Å². The minimum absolute atomic E-state index is 0.0689. The van der Waals surface area contributed by atoms with E-state index in [4.69, 9.17) is 11.6 Å². The van der Waals surface area contributed by atoms with Gasteiger partial charge in [0.05, 0.1) is 6.10 Å². The van der Waals surface area contributed by atoms with Crippen LogP contribution in [0.25, 0.3) is 0 Å². The summed E-state index contributed by atoms with van der Waals surface area (Å²) in [4.78, 5) is 2.13. The van der Waals surface area contributed by atoms with E-state index in [2.05, 4.69) is 4.90 Å². The van der Waals surface area contributed by atoms with Crippen molar-refractivity contribution in [2.75, 3.05) is 25.1 Å². The lowest BCUT2D eigenvalue weighted by molar-refractivity contribution is 0.0757. The van der Waals surface area contributed by atoms with Crippen molar-refractivity contribution in [3.05, 3.63) is 34.6 Å². The van der Waals surface area contributed by atoms with Gasteiger partial charge in [0.1, 0.15) is 5.82 Å². The van der Waals surface area contributed by atoms with Gasteiger partial charge >= 0.3 is 0 Å². The number of hydrogen-bond donors (Lipinski definition) is 1. The minimum Gasteiger partial charge on any atom is -0.391 e. The molecule has 1 aromatic carbocycles. The van der Waals surface area contributed by atoms with Crippen LogP contribution in [0.15, 0.2) is 18.2 Å². The summed E-state index contributed by atoms with van der Waals surface area (Å²) in [6.07, 6.45) is -0.321. The van der Waals surface area contributed by atoms with Gasteiger partial charge in [-0.2, -0.15) is 11.8 Å². The quantitative estimate of drug-likeness (QED) is 0.924. The predicted molar refractivity (Wildman–Crippen MR) is 74.9 cm³/mol. The molecular weight excluding hydrogens is 273 g/mol. The van der Waals surface area contributed by atoms with E-state index >= 15 is 0 Å². The molecule has 0 saturated carbocycles. The van der Waals surface area contributed by atoms with Crippen LogP contribution >= 0.6 is 23.4 Å². The van der Waals surface area contributed by atoms with Crippen molar-refractivity contribution in [2.45, 2.75) is 18.6 Å². The van der Waals surface area contributed by atoms with Crippen molar-refractivity contribution in [3.63, 3.8) is 0 Å². The van der Waals surface area contributed by atoms with Gasteiger partial charge in [0.2, 0.25) is 0 Å². The maximum Gasteiger partial charge on any atom is 0.127 e. The van der Waals surface area contributed by atoms with E-state index in [1.807, 2.05) is 18.8 Å². The van der Waals surface area contributed by atoms with Gasteiger partial charge < -0.3 is 5.11 Å². The molecule has 1 fully saturated rings. The van der Waals surface area contributed by atoms with E-state index in [1.165, 1.54) is 6.07 Å². The highest BCUT2D eigenvalue weighted by molar-refractivity contribution is 7.99. The molecule has 2 nitrogen and oxygen atoms in total. The highest BCUT2D eigenvalue weighted by Gasteiger charge is 2.27. The van der Waals surface area contributed by atoms with Crippen molar-refractivity contribution in [2.24, 2.45) is 0 Å². The van der Waals surface area contributed by atoms with Gasteiger partial charge in [0, 0.05) is 41.1 Å². The Morgan fingerprint density at radius 3 is 3.06 bits per heavy atom. The van der Waals surface area contributed by atoms with E-state index in [1.54, 1.807) is 12.1 Å². The molecule has 0 spiro atoms. The van der Waals surface area contributed by atoms with E-state index in [0.717, 1.165) is 18.1 Å². The number of nitrogens with zero attached hydrogens (tertiary/aromatic N) is 1. The number of rotatable bonds is 3. The summed E-state index contributed by atoms with van der Waals surface area (Å²) in [5.41, 5.74) is 0.413. The van der Waals surface area contributed by atoms with Gasteiger partial charge in [-0.1, -0.05) is 17.7 Å². The van der Waals surface area contributed by atoms with Crippen LogP contribution in [0.1, 0.15) is 5.56 Å². The summed E-state index contributed by atoms with van der Waals surface area (Å²) in [6.45, 7) is 0.956. The molecule has 100 valence electrons. The molecule has 1 aromatic rings. The first-order valence-corrected chi connectivity index (χ1v) is 7.52. The molecule has 2 rings (SSSR count). The first-order chi connectivity index (χ1) is 8.59. The van der Waals surface area contributed by atoms with E-state index in [9.17, 15) is 9.50 Å². The summed E-state index contributed by atoms with van der Waals surface area (Å²) in [7, 11) is 2.00. The molecule has 2 unspecified atom stereocenters.